The molecule has 1 heterocycles. The van der Waals surface area contributed by atoms with Crippen molar-refractivity contribution in [1.29, 1.82) is 0 Å². The number of aliphatic hydroxyl groups is 1. The Morgan fingerprint density at radius 2 is 1.88 bits per heavy atom. The molecule has 0 aliphatic rings. The maximum Gasteiger partial charge on any atom is 0.0491 e. The van der Waals surface area contributed by atoms with E-state index in [9.17, 15) is 0 Å². The second-order valence-corrected chi connectivity index (χ2v) is 5.17. The molecule has 0 aliphatic carbocycles. The third-order valence-electron chi connectivity index (χ3n) is 3.07. The summed E-state index contributed by atoms with van der Waals surface area (Å²) in [5.41, 5.74) is 1.29. The summed E-state index contributed by atoms with van der Waals surface area (Å²) in [7, 11) is 0. The molecule has 2 nitrogen and oxygen atoms in total. The molecule has 0 bridgehead atoms. The van der Waals surface area contributed by atoms with Gasteiger partial charge in [0.25, 0.3) is 0 Å². The Morgan fingerprint density at radius 3 is 2.71 bits per heavy atom. The molecule has 2 rings (SSSR count). The molecule has 1 aromatic carbocycles. The Hall–Kier alpha value is -0.800. The van der Waals surface area contributed by atoms with Crippen LogP contribution in [0.2, 0.25) is 0 Å². The molecule has 0 saturated heterocycles. The van der Waals surface area contributed by atoms with E-state index in [-0.39, 0.29) is 0 Å². The summed E-state index contributed by atoms with van der Waals surface area (Å²) in [6.45, 7) is 1.38. The molecule has 17 heavy (non-hydrogen) atoms. The van der Waals surface area contributed by atoms with Crippen LogP contribution in [0, 0.1) is 0 Å². The monoisotopic (exact) mass is 295 g/mol. The fourth-order valence-corrected chi connectivity index (χ4v) is 2.62. The highest BCUT2D eigenvalue weighted by Crippen LogP contribution is 2.24. The lowest BCUT2D eigenvalue weighted by atomic mass is 10.2. The molecule has 0 fully saturated rings. The SMILES string of the molecule is OCCCCCCn1ccc2c(Br)cccc21. The van der Waals surface area contributed by atoms with Gasteiger partial charge in [-0.25, -0.2) is 0 Å². The second-order valence-electron chi connectivity index (χ2n) is 4.32. The zero-order valence-corrected chi connectivity index (χ0v) is 11.5. The maximum absolute atomic E-state index is 8.71. The first-order chi connectivity index (χ1) is 8.33. The molecular formula is C14H18BrNO. The van der Waals surface area contributed by atoms with Gasteiger partial charge in [-0.2, -0.15) is 0 Å². The van der Waals surface area contributed by atoms with Gasteiger partial charge >= 0.3 is 0 Å². The molecule has 2 aromatic rings. The van der Waals surface area contributed by atoms with Gasteiger partial charge in [0, 0.05) is 34.7 Å². The van der Waals surface area contributed by atoms with Gasteiger partial charge in [0.1, 0.15) is 0 Å². The third kappa shape index (κ3) is 3.11. The fraction of sp³-hybridized carbons (Fsp3) is 0.429. The average molecular weight is 296 g/mol. The number of benzene rings is 1. The lowest BCUT2D eigenvalue weighted by molar-refractivity contribution is 0.282. The molecule has 0 radical (unpaired) electrons. The lowest BCUT2D eigenvalue weighted by Crippen LogP contribution is -1.96. The number of hydrogen-bond donors (Lipinski definition) is 1. The van der Waals surface area contributed by atoms with E-state index in [0.29, 0.717) is 6.61 Å². The molecule has 1 aromatic heterocycles. The summed E-state index contributed by atoms with van der Waals surface area (Å²) < 4.78 is 3.47. The van der Waals surface area contributed by atoms with Crippen LogP contribution in [0.3, 0.4) is 0 Å². The molecule has 92 valence electrons. The first kappa shape index (κ1) is 12.7. The summed E-state index contributed by atoms with van der Waals surface area (Å²) >= 11 is 3.57. The number of aliphatic hydroxyl groups excluding tert-OH is 1. The molecule has 0 spiro atoms. The Balaban J connectivity index is 1.97. The average Bonchev–Trinajstić information content (AvgIpc) is 2.74. The van der Waals surface area contributed by atoms with Gasteiger partial charge in [0.2, 0.25) is 0 Å². The molecule has 0 saturated carbocycles. The van der Waals surface area contributed by atoms with E-state index in [1.807, 2.05) is 0 Å². The van der Waals surface area contributed by atoms with Gasteiger partial charge in [-0.05, 0) is 31.0 Å². The van der Waals surface area contributed by atoms with Crippen molar-refractivity contribution in [2.75, 3.05) is 6.61 Å². The van der Waals surface area contributed by atoms with Gasteiger partial charge in [0.05, 0.1) is 0 Å². The van der Waals surface area contributed by atoms with Crippen LogP contribution in [0.1, 0.15) is 25.7 Å². The van der Waals surface area contributed by atoms with Crippen molar-refractivity contribution in [2.24, 2.45) is 0 Å². The van der Waals surface area contributed by atoms with E-state index in [1.165, 1.54) is 23.7 Å². The van der Waals surface area contributed by atoms with Gasteiger partial charge in [-0.1, -0.05) is 34.8 Å². The van der Waals surface area contributed by atoms with Crippen LogP contribution >= 0.6 is 15.9 Å². The van der Waals surface area contributed by atoms with E-state index in [1.54, 1.807) is 0 Å². The van der Waals surface area contributed by atoms with E-state index in [0.717, 1.165) is 23.9 Å². The van der Waals surface area contributed by atoms with Crippen LogP contribution in [-0.4, -0.2) is 16.3 Å². The van der Waals surface area contributed by atoms with Crippen molar-refractivity contribution in [1.82, 2.24) is 4.57 Å². The molecular weight excluding hydrogens is 278 g/mol. The van der Waals surface area contributed by atoms with Crippen LogP contribution in [0.5, 0.6) is 0 Å². The van der Waals surface area contributed by atoms with Crippen molar-refractivity contribution >= 4 is 26.8 Å². The first-order valence-electron chi connectivity index (χ1n) is 6.17. The van der Waals surface area contributed by atoms with Crippen molar-refractivity contribution in [3.05, 3.63) is 34.9 Å². The van der Waals surface area contributed by atoms with Crippen LogP contribution < -0.4 is 0 Å². The lowest BCUT2D eigenvalue weighted by Gasteiger charge is -2.05. The number of fused-ring (bicyclic) bond motifs is 1. The molecule has 0 unspecified atom stereocenters. The standard InChI is InChI=1S/C14H18BrNO/c15-13-6-5-7-14-12(13)8-10-16(14)9-3-1-2-4-11-17/h5-8,10,17H,1-4,9,11H2. The number of unbranched alkanes of at least 4 members (excludes halogenated alkanes) is 3. The van der Waals surface area contributed by atoms with Crippen molar-refractivity contribution in [2.45, 2.75) is 32.2 Å². The summed E-state index contributed by atoms with van der Waals surface area (Å²) in [4.78, 5) is 0. The Labute approximate surface area is 110 Å². The van der Waals surface area contributed by atoms with E-state index < -0.39 is 0 Å². The van der Waals surface area contributed by atoms with Gasteiger partial charge in [-0.15, -0.1) is 0 Å². The molecule has 3 heteroatoms. The number of nitrogens with zero attached hydrogens (tertiary/aromatic N) is 1. The van der Waals surface area contributed by atoms with Crippen LogP contribution in [0.15, 0.2) is 34.9 Å². The number of hydrogen-bond acceptors (Lipinski definition) is 1. The molecule has 0 atom stereocenters. The molecule has 0 amide bonds. The maximum atomic E-state index is 8.71. The number of aromatic nitrogens is 1. The van der Waals surface area contributed by atoms with Crippen molar-refractivity contribution < 1.29 is 5.11 Å². The number of halogens is 1. The smallest absolute Gasteiger partial charge is 0.0491 e. The molecule has 0 aliphatic heterocycles. The summed E-state index contributed by atoms with van der Waals surface area (Å²) in [6, 6.07) is 8.48. The fourth-order valence-electron chi connectivity index (χ4n) is 2.13. The van der Waals surface area contributed by atoms with Gasteiger partial charge < -0.3 is 9.67 Å². The normalized spacial score (nSPS) is 11.2. The zero-order chi connectivity index (χ0) is 12.1. The highest BCUT2D eigenvalue weighted by molar-refractivity contribution is 9.10. The molecule has 1 N–H and O–H groups in total. The van der Waals surface area contributed by atoms with Crippen LogP contribution in [-0.2, 0) is 6.54 Å². The quantitative estimate of drug-likeness (QED) is 0.802. The Morgan fingerprint density at radius 1 is 1.06 bits per heavy atom. The predicted molar refractivity (Wildman–Crippen MR) is 75.2 cm³/mol. The Bertz CT molecular complexity index is 478. The van der Waals surface area contributed by atoms with Crippen molar-refractivity contribution in [3.8, 4) is 0 Å². The van der Waals surface area contributed by atoms with Gasteiger partial charge in [0.15, 0.2) is 0 Å². The second kappa shape index (κ2) is 6.22. The minimum atomic E-state index is 0.319. The summed E-state index contributed by atoms with van der Waals surface area (Å²) in [6.07, 6.45) is 6.57. The van der Waals surface area contributed by atoms with E-state index >= 15 is 0 Å². The number of aryl methyl sites for hydroxylation is 1. The van der Waals surface area contributed by atoms with E-state index in [4.69, 9.17) is 5.11 Å². The van der Waals surface area contributed by atoms with Gasteiger partial charge in [-0.3, -0.25) is 0 Å². The third-order valence-corrected chi connectivity index (χ3v) is 3.76. The number of rotatable bonds is 6. The summed E-state index contributed by atoms with van der Waals surface area (Å²) in [5.74, 6) is 0. The van der Waals surface area contributed by atoms with Crippen LogP contribution in [0.4, 0.5) is 0 Å². The minimum Gasteiger partial charge on any atom is -0.396 e. The minimum absolute atomic E-state index is 0.319. The van der Waals surface area contributed by atoms with Crippen LogP contribution in [0.25, 0.3) is 10.9 Å². The topological polar surface area (TPSA) is 25.2 Å². The Kier molecular flexibility index (Phi) is 4.63. The largest absolute Gasteiger partial charge is 0.396 e. The van der Waals surface area contributed by atoms with E-state index in [2.05, 4.69) is 51.0 Å². The summed E-state index contributed by atoms with van der Waals surface area (Å²) in [5, 5.41) is 9.99. The first-order valence-corrected chi connectivity index (χ1v) is 6.96. The highest BCUT2D eigenvalue weighted by atomic mass is 79.9. The predicted octanol–water partition coefficient (Wildman–Crippen LogP) is 3.96. The van der Waals surface area contributed by atoms with Crippen molar-refractivity contribution in [3.63, 3.8) is 0 Å². The highest BCUT2D eigenvalue weighted by Gasteiger charge is 2.02. The zero-order valence-electron chi connectivity index (χ0n) is 9.90.